The van der Waals surface area contributed by atoms with E-state index in [1.165, 1.54) is 0 Å². The van der Waals surface area contributed by atoms with Gasteiger partial charge in [0, 0.05) is 44.0 Å². The van der Waals surface area contributed by atoms with Gasteiger partial charge in [0.1, 0.15) is 5.82 Å². The molecule has 0 bridgehead atoms. The van der Waals surface area contributed by atoms with Crippen molar-refractivity contribution in [3.05, 3.63) is 65.3 Å². The van der Waals surface area contributed by atoms with E-state index in [0.717, 1.165) is 47.7 Å². The van der Waals surface area contributed by atoms with Crippen LogP contribution in [0.2, 0.25) is 0 Å². The molecule has 1 aliphatic heterocycles. The van der Waals surface area contributed by atoms with Gasteiger partial charge in [-0.1, -0.05) is 17.7 Å². The van der Waals surface area contributed by atoms with Gasteiger partial charge in [0.05, 0.1) is 12.9 Å². The van der Waals surface area contributed by atoms with Crippen LogP contribution in [0.25, 0.3) is 0 Å². The number of imidazole rings is 1. The van der Waals surface area contributed by atoms with Crippen LogP contribution in [0.15, 0.2) is 36.9 Å². The summed E-state index contributed by atoms with van der Waals surface area (Å²) < 4.78 is 4.04. The lowest BCUT2D eigenvalue weighted by molar-refractivity contribution is 0.0702. The molecule has 0 spiro atoms. The fourth-order valence-electron chi connectivity index (χ4n) is 3.92. The van der Waals surface area contributed by atoms with Crippen molar-refractivity contribution in [2.24, 2.45) is 7.05 Å². The lowest BCUT2D eigenvalue weighted by atomic mass is 9.95. The van der Waals surface area contributed by atoms with Crippen LogP contribution in [0.4, 0.5) is 0 Å². The molecular weight excluding hydrogens is 352 g/mol. The van der Waals surface area contributed by atoms with Crippen LogP contribution in [0, 0.1) is 13.8 Å². The lowest BCUT2D eigenvalue weighted by Crippen LogP contribution is -2.40. The van der Waals surface area contributed by atoms with E-state index in [4.69, 9.17) is 0 Å². The Morgan fingerprint density at radius 2 is 2.11 bits per heavy atom. The maximum atomic E-state index is 13.1. The minimum atomic E-state index is 0.117. The summed E-state index contributed by atoms with van der Waals surface area (Å²) in [5.41, 5.74) is 2.94. The zero-order valence-electron chi connectivity index (χ0n) is 16.7. The van der Waals surface area contributed by atoms with E-state index >= 15 is 0 Å². The Morgan fingerprint density at radius 3 is 2.89 bits per heavy atom. The van der Waals surface area contributed by atoms with Crippen LogP contribution in [0.1, 0.15) is 51.9 Å². The molecule has 1 aliphatic rings. The molecule has 1 atom stereocenters. The number of hydrogen-bond donors (Lipinski definition) is 0. The Labute approximate surface area is 165 Å². The van der Waals surface area contributed by atoms with Gasteiger partial charge >= 0.3 is 0 Å². The number of benzene rings is 1. The molecule has 0 saturated carbocycles. The number of amides is 1. The summed E-state index contributed by atoms with van der Waals surface area (Å²) in [5, 5.41) is 8.84. The molecule has 0 aliphatic carbocycles. The molecular formula is C21H26N6O. The SMILES string of the molecule is Cc1ccc(C)c(C(=O)N2CCCC(c3nnc(Cn4ccnc4)n3C)C2)c1. The Morgan fingerprint density at radius 1 is 1.25 bits per heavy atom. The van der Waals surface area contributed by atoms with E-state index < -0.39 is 0 Å². The zero-order valence-corrected chi connectivity index (χ0v) is 16.7. The highest BCUT2D eigenvalue weighted by Gasteiger charge is 2.29. The van der Waals surface area contributed by atoms with Crippen molar-refractivity contribution in [3.8, 4) is 0 Å². The van der Waals surface area contributed by atoms with Gasteiger partial charge < -0.3 is 14.0 Å². The number of aryl methyl sites for hydroxylation is 2. The molecule has 1 saturated heterocycles. The summed E-state index contributed by atoms with van der Waals surface area (Å²) in [6, 6.07) is 6.06. The van der Waals surface area contributed by atoms with E-state index in [1.807, 2.05) is 54.8 Å². The van der Waals surface area contributed by atoms with Crippen molar-refractivity contribution < 1.29 is 4.79 Å². The highest BCUT2D eigenvalue weighted by molar-refractivity contribution is 5.96. The third-order valence-corrected chi connectivity index (χ3v) is 5.58. The van der Waals surface area contributed by atoms with Crippen molar-refractivity contribution in [1.29, 1.82) is 0 Å². The molecule has 4 rings (SSSR count). The molecule has 1 amide bonds. The van der Waals surface area contributed by atoms with Gasteiger partial charge in [-0.25, -0.2) is 4.98 Å². The third-order valence-electron chi connectivity index (χ3n) is 5.58. The molecule has 3 heterocycles. The molecule has 146 valence electrons. The Hall–Kier alpha value is -2.96. The maximum Gasteiger partial charge on any atom is 0.254 e. The van der Waals surface area contributed by atoms with Crippen molar-refractivity contribution in [2.45, 2.75) is 39.2 Å². The summed E-state index contributed by atoms with van der Waals surface area (Å²) in [4.78, 5) is 19.2. The summed E-state index contributed by atoms with van der Waals surface area (Å²) in [7, 11) is 2.01. The first kappa shape index (κ1) is 18.4. The smallest absolute Gasteiger partial charge is 0.254 e. The number of aromatic nitrogens is 5. The van der Waals surface area contributed by atoms with Crippen molar-refractivity contribution >= 4 is 5.91 Å². The maximum absolute atomic E-state index is 13.1. The first-order valence-electron chi connectivity index (χ1n) is 9.73. The highest BCUT2D eigenvalue weighted by atomic mass is 16.2. The van der Waals surface area contributed by atoms with Crippen molar-refractivity contribution in [3.63, 3.8) is 0 Å². The first-order chi connectivity index (χ1) is 13.5. The third kappa shape index (κ3) is 3.56. The summed E-state index contributed by atoms with van der Waals surface area (Å²) in [6.45, 7) is 6.14. The fraction of sp³-hybridized carbons (Fsp3) is 0.429. The van der Waals surface area contributed by atoms with Gasteiger partial charge in [0.25, 0.3) is 5.91 Å². The lowest BCUT2D eigenvalue weighted by Gasteiger charge is -2.32. The molecule has 0 N–H and O–H groups in total. The van der Waals surface area contributed by atoms with Gasteiger partial charge in [-0.15, -0.1) is 10.2 Å². The summed E-state index contributed by atoms with van der Waals surface area (Å²) in [5.74, 6) is 2.17. The van der Waals surface area contributed by atoms with E-state index in [-0.39, 0.29) is 11.8 Å². The van der Waals surface area contributed by atoms with E-state index in [9.17, 15) is 4.79 Å². The second kappa shape index (κ2) is 7.58. The van der Waals surface area contributed by atoms with Gasteiger partial charge in [0.2, 0.25) is 0 Å². The Kier molecular flexibility index (Phi) is 4.98. The standard InChI is InChI=1S/C21H26N6O/c1-15-6-7-16(2)18(11-15)21(28)27-9-4-5-17(12-27)20-24-23-19(25(20)3)13-26-10-8-22-14-26/h6-8,10-11,14,17H,4-5,9,12-13H2,1-3H3. The van der Waals surface area contributed by atoms with E-state index in [2.05, 4.69) is 19.7 Å². The van der Waals surface area contributed by atoms with E-state index in [0.29, 0.717) is 13.1 Å². The molecule has 1 unspecified atom stereocenters. The van der Waals surface area contributed by atoms with Crippen LogP contribution in [-0.2, 0) is 13.6 Å². The second-order valence-corrected chi connectivity index (χ2v) is 7.68. The number of hydrogen-bond acceptors (Lipinski definition) is 4. The van der Waals surface area contributed by atoms with Crippen LogP contribution in [-0.4, -0.2) is 48.2 Å². The van der Waals surface area contributed by atoms with Crippen LogP contribution >= 0.6 is 0 Å². The molecule has 3 aromatic rings. The van der Waals surface area contributed by atoms with Gasteiger partial charge in [-0.2, -0.15) is 0 Å². The molecule has 1 aromatic carbocycles. The predicted molar refractivity (Wildman–Crippen MR) is 106 cm³/mol. The molecule has 2 aromatic heterocycles. The van der Waals surface area contributed by atoms with Gasteiger partial charge in [-0.05, 0) is 38.3 Å². The number of likely N-dealkylation sites (tertiary alicyclic amines) is 1. The average Bonchev–Trinajstić information content (AvgIpc) is 3.34. The summed E-state index contributed by atoms with van der Waals surface area (Å²) in [6.07, 6.45) is 7.45. The van der Waals surface area contributed by atoms with Crippen LogP contribution < -0.4 is 0 Å². The molecule has 7 heteroatoms. The topological polar surface area (TPSA) is 68.8 Å². The van der Waals surface area contributed by atoms with Crippen LogP contribution in [0.3, 0.4) is 0 Å². The first-order valence-corrected chi connectivity index (χ1v) is 9.73. The number of rotatable bonds is 4. The van der Waals surface area contributed by atoms with Gasteiger partial charge in [0.15, 0.2) is 5.82 Å². The predicted octanol–water partition coefficient (Wildman–Crippen LogP) is 2.70. The normalized spacial score (nSPS) is 17.1. The summed E-state index contributed by atoms with van der Waals surface area (Å²) >= 11 is 0. The minimum Gasteiger partial charge on any atom is -0.338 e. The Balaban J connectivity index is 1.52. The highest BCUT2D eigenvalue weighted by Crippen LogP contribution is 2.27. The zero-order chi connectivity index (χ0) is 19.7. The van der Waals surface area contributed by atoms with E-state index in [1.54, 1.807) is 12.5 Å². The number of nitrogens with zero attached hydrogens (tertiary/aromatic N) is 6. The number of piperidine rings is 1. The van der Waals surface area contributed by atoms with Gasteiger partial charge in [-0.3, -0.25) is 4.79 Å². The largest absolute Gasteiger partial charge is 0.338 e. The molecule has 1 fully saturated rings. The molecule has 0 radical (unpaired) electrons. The number of carbonyl (C=O) groups is 1. The Bertz CT molecular complexity index is 975. The van der Waals surface area contributed by atoms with Crippen molar-refractivity contribution in [1.82, 2.24) is 29.2 Å². The molecule has 7 nitrogen and oxygen atoms in total. The monoisotopic (exact) mass is 378 g/mol. The quantitative estimate of drug-likeness (QED) is 0.700. The van der Waals surface area contributed by atoms with Crippen molar-refractivity contribution in [2.75, 3.05) is 13.1 Å². The second-order valence-electron chi connectivity index (χ2n) is 7.68. The number of carbonyl (C=O) groups excluding carboxylic acids is 1. The fourth-order valence-corrected chi connectivity index (χ4v) is 3.92. The average molecular weight is 378 g/mol. The minimum absolute atomic E-state index is 0.117. The van der Waals surface area contributed by atoms with Crippen LogP contribution in [0.5, 0.6) is 0 Å². The molecule has 28 heavy (non-hydrogen) atoms.